The second kappa shape index (κ2) is 8.73. The summed E-state index contributed by atoms with van der Waals surface area (Å²) in [6, 6.07) is 6.55. The molecule has 1 aliphatic rings. The zero-order chi connectivity index (χ0) is 21.3. The maximum absolute atomic E-state index is 13.1. The van der Waals surface area contributed by atoms with Crippen LogP contribution in [0.25, 0.3) is 10.3 Å². The number of anilines is 1. The van der Waals surface area contributed by atoms with Gasteiger partial charge in [0.1, 0.15) is 4.70 Å². The maximum atomic E-state index is 13.1. The summed E-state index contributed by atoms with van der Waals surface area (Å²) >= 11 is 7.22. The number of fused-ring (bicyclic) bond motifs is 1. The van der Waals surface area contributed by atoms with Crippen molar-refractivity contribution in [1.82, 2.24) is 14.1 Å². The second-order valence-electron chi connectivity index (χ2n) is 7.45. The number of rotatable bonds is 6. The van der Waals surface area contributed by atoms with Crippen molar-refractivity contribution in [3.8, 4) is 0 Å². The Bertz CT molecular complexity index is 1190. The van der Waals surface area contributed by atoms with E-state index in [1.165, 1.54) is 26.9 Å². The van der Waals surface area contributed by atoms with E-state index < -0.39 is 5.69 Å². The Morgan fingerprint density at radius 1 is 1.10 bits per heavy atom. The Hall–Kier alpha value is -2.45. The molecule has 158 valence electrons. The van der Waals surface area contributed by atoms with Crippen molar-refractivity contribution < 1.29 is 4.79 Å². The summed E-state index contributed by atoms with van der Waals surface area (Å²) in [5, 5.41) is 1.27. The largest absolute Gasteiger partial charge is 0.348 e. The van der Waals surface area contributed by atoms with Gasteiger partial charge in [0, 0.05) is 30.2 Å². The average molecular weight is 447 g/mol. The molecule has 0 unspecified atom stereocenters. The Morgan fingerprint density at radius 3 is 2.47 bits per heavy atom. The van der Waals surface area contributed by atoms with E-state index in [0.29, 0.717) is 33.9 Å². The molecule has 1 aromatic carbocycles. The van der Waals surface area contributed by atoms with Crippen LogP contribution in [0.1, 0.15) is 43.0 Å². The number of hydrogen-bond acceptors (Lipinski definition) is 6. The van der Waals surface area contributed by atoms with Crippen molar-refractivity contribution in [1.29, 1.82) is 0 Å². The molecule has 0 atom stereocenters. The third-order valence-electron chi connectivity index (χ3n) is 5.30. The Labute approximate surface area is 182 Å². The number of aromatic nitrogens is 3. The minimum Gasteiger partial charge on any atom is -0.348 e. The molecule has 9 heteroatoms. The summed E-state index contributed by atoms with van der Waals surface area (Å²) in [5.41, 5.74) is -0.0654. The second-order valence-corrected chi connectivity index (χ2v) is 8.87. The number of carbonyl (C=O) groups is 1. The third kappa shape index (κ3) is 3.94. The molecule has 0 N–H and O–H groups in total. The van der Waals surface area contributed by atoms with Crippen LogP contribution in [0.4, 0.5) is 5.13 Å². The molecule has 3 heterocycles. The Morgan fingerprint density at radius 2 is 1.80 bits per heavy atom. The molecule has 0 saturated carbocycles. The van der Waals surface area contributed by atoms with Gasteiger partial charge in [0.25, 0.3) is 5.56 Å². The molecule has 1 fully saturated rings. The standard InChI is InChI=1S/C21H23ClN4O3S/c1-2-10-25-19(28)17-18(23-20(30-17)24-11-4-3-5-12-24)26(21(25)29)13-16(27)14-6-8-15(22)9-7-14/h6-9H,2-5,10-13H2,1H3. The van der Waals surface area contributed by atoms with E-state index in [1.807, 2.05) is 6.92 Å². The van der Waals surface area contributed by atoms with Crippen LogP contribution >= 0.6 is 22.9 Å². The molecule has 4 rings (SSSR count). The van der Waals surface area contributed by atoms with Crippen LogP contribution in [0.15, 0.2) is 33.9 Å². The Balaban J connectivity index is 1.82. The normalized spacial score (nSPS) is 14.4. The molecule has 0 bridgehead atoms. The van der Waals surface area contributed by atoms with Crippen molar-refractivity contribution >= 4 is 44.2 Å². The van der Waals surface area contributed by atoms with Crippen LogP contribution < -0.4 is 16.1 Å². The van der Waals surface area contributed by atoms with Crippen molar-refractivity contribution in [3.63, 3.8) is 0 Å². The minimum absolute atomic E-state index is 0.176. The van der Waals surface area contributed by atoms with Crippen molar-refractivity contribution in [3.05, 3.63) is 55.7 Å². The van der Waals surface area contributed by atoms with E-state index >= 15 is 0 Å². The van der Waals surface area contributed by atoms with Gasteiger partial charge >= 0.3 is 5.69 Å². The van der Waals surface area contributed by atoms with Crippen molar-refractivity contribution in [2.45, 2.75) is 45.7 Å². The number of hydrogen-bond donors (Lipinski definition) is 0. The number of halogens is 1. The number of benzene rings is 1. The molecule has 7 nitrogen and oxygen atoms in total. The molecule has 0 spiro atoms. The van der Waals surface area contributed by atoms with Gasteiger partial charge < -0.3 is 4.90 Å². The van der Waals surface area contributed by atoms with E-state index in [1.54, 1.807) is 24.3 Å². The van der Waals surface area contributed by atoms with Gasteiger partial charge in [0.2, 0.25) is 0 Å². The first kappa shape index (κ1) is 20.8. The summed E-state index contributed by atoms with van der Waals surface area (Å²) < 4.78 is 2.98. The van der Waals surface area contributed by atoms with Crippen LogP contribution in [-0.4, -0.2) is 33.0 Å². The van der Waals surface area contributed by atoms with Crippen molar-refractivity contribution in [2.75, 3.05) is 18.0 Å². The molecule has 3 aromatic rings. The highest BCUT2D eigenvalue weighted by Crippen LogP contribution is 2.28. The van der Waals surface area contributed by atoms with Gasteiger partial charge in [-0.1, -0.05) is 29.9 Å². The summed E-state index contributed by atoms with van der Waals surface area (Å²) in [6.45, 7) is 3.81. The minimum atomic E-state index is -0.493. The first-order valence-electron chi connectivity index (χ1n) is 10.2. The molecule has 0 radical (unpaired) electrons. The first-order valence-corrected chi connectivity index (χ1v) is 11.4. The highest BCUT2D eigenvalue weighted by Gasteiger charge is 2.22. The maximum Gasteiger partial charge on any atom is 0.333 e. The van der Waals surface area contributed by atoms with Gasteiger partial charge in [-0.05, 0) is 49.9 Å². The molecular weight excluding hydrogens is 424 g/mol. The Kier molecular flexibility index (Phi) is 6.06. The van der Waals surface area contributed by atoms with Gasteiger partial charge in [-0.3, -0.25) is 18.7 Å². The van der Waals surface area contributed by atoms with Gasteiger partial charge in [0.05, 0.1) is 6.54 Å². The lowest BCUT2D eigenvalue weighted by Crippen LogP contribution is -2.40. The molecule has 30 heavy (non-hydrogen) atoms. The van der Waals surface area contributed by atoms with E-state index in [4.69, 9.17) is 11.6 Å². The van der Waals surface area contributed by atoms with Gasteiger partial charge in [-0.25, -0.2) is 9.78 Å². The SMILES string of the molecule is CCCn1c(=O)c2sc(N3CCCCC3)nc2n(CC(=O)c2ccc(Cl)cc2)c1=O. The molecule has 1 aliphatic heterocycles. The van der Waals surface area contributed by atoms with Crippen molar-refractivity contribution in [2.24, 2.45) is 0 Å². The predicted molar refractivity (Wildman–Crippen MR) is 120 cm³/mol. The fraction of sp³-hybridized carbons (Fsp3) is 0.429. The third-order valence-corrected chi connectivity index (χ3v) is 6.64. The van der Waals surface area contributed by atoms with E-state index in [9.17, 15) is 14.4 Å². The summed E-state index contributed by atoms with van der Waals surface area (Å²) in [6.07, 6.45) is 3.99. The van der Waals surface area contributed by atoms with E-state index in [2.05, 4.69) is 9.88 Å². The number of piperidine rings is 1. The van der Waals surface area contributed by atoms with Crippen LogP contribution in [0, 0.1) is 0 Å². The van der Waals surface area contributed by atoms with Gasteiger partial charge in [-0.15, -0.1) is 0 Å². The monoisotopic (exact) mass is 446 g/mol. The average Bonchev–Trinajstić information content (AvgIpc) is 3.21. The zero-order valence-corrected chi connectivity index (χ0v) is 18.3. The highest BCUT2D eigenvalue weighted by atomic mass is 35.5. The van der Waals surface area contributed by atoms with Gasteiger partial charge in [-0.2, -0.15) is 0 Å². The number of thiazole rings is 1. The summed E-state index contributed by atoms with van der Waals surface area (Å²) in [4.78, 5) is 45.7. The molecular formula is C21H23ClN4O3S. The number of ketones is 1. The smallest absolute Gasteiger partial charge is 0.333 e. The van der Waals surface area contributed by atoms with Crippen LogP contribution in [0.5, 0.6) is 0 Å². The number of Topliss-reactive ketones (excluding diaryl/α,β-unsaturated/α-hetero) is 1. The fourth-order valence-corrected chi connectivity index (χ4v) is 4.92. The quantitative estimate of drug-likeness (QED) is 0.541. The van der Waals surface area contributed by atoms with Gasteiger partial charge in [0.15, 0.2) is 16.6 Å². The summed E-state index contributed by atoms with van der Waals surface area (Å²) in [7, 11) is 0. The molecule has 0 aliphatic carbocycles. The summed E-state index contributed by atoms with van der Waals surface area (Å²) in [5.74, 6) is -0.232. The van der Waals surface area contributed by atoms with Crippen LogP contribution in [0.3, 0.4) is 0 Å². The lowest BCUT2D eigenvalue weighted by Gasteiger charge is -2.25. The predicted octanol–water partition coefficient (Wildman–Crippen LogP) is 3.56. The van der Waals surface area contributed by atoms with Crippen LogP contribution in [-0.2, 0) is 13.1 Å². The number of carbonyl (C=O) groups excluding carboxylic acids is 1. The van der Waals surface area contributed by atoms with E-state index in [0.717, 1.165) is 31.1 Å². The lowest BCUT2D eigenvalue weighted by atomic mass is 10.1. The first-order chi connectivity index (χ1) is 14.5. The fourth-order valence-electron chi connectivity index (χ4n) is 3.72. The topological polar surface area (TPSA) is 77.2 Å². The highest BCUT2D eigenvalue weighted by molar-refractivity contribution is 7.22. The lowest BCUT2D eigenvalue weighted by molar-refractivity contribution is 0.0971. The molecule has 1 saturated heterocycles. The molecule has 0 amide bonds. The van der Waals surface area contributed by atoms with E-state index in [-0.39, 0.29) is 17.9 Å². The van der Waals surface area contributed by atoms with Crippen LogP contribution in [0.2, 0.25) is 5.02 Å². The number of nitrogens with zero attached hydrogens (tertiary/aromatic N) is 4. The molecule has 2 aromatic heterocycles. The zero-order valence-electron chi connectivity index (χ0n) is 16.8.